The predicted octanol–water partition coefficient (Wildman–Crippen LogP) is 12.5. The molecule has 0 saturated carbocycles. The molecular formula is C41H25NS2. The van der Waals surface area contributed by atoms with E-state index < -0.39 is 0 Å². The Bertz CT molecular complexity index is 2480. The molecular weight excluding hydrogens is 571 g/mol. The van der Waals surface area contributed by atoms with Gasteiger partial charge >= 0.3 is 0 Å². The minimum Gasteiger partial charge on any atom is -0.237 e. The molecule has 0 saturated heterocycles. The first-order valence-electron chi connectivity index (χ1n) is 14.8. The maximum Gasteiger partial charge on any atom is 0.125 e. The summed E-state index contributed by atoms with van der Waals surface area (Å²) in [7, 11) is 0. The molecule has 0 amide bonds. The van der Waals surface area contributed by atoms with Crippen LogP contribution in [0.1, 0.15) is 0 Å². The summed E-state index contributed by atoms with van der Waals surface area (Å²) in [5.41, 5.74) is 9.62. The fourth-order valence-electron chi connectivity index (χ4n) is 6.36. The van der Waals surface area contributed by atoms with Crippen LogP contribution in [0.3, 0.4) is 0 Å². The predicted molar refractivity (Wildman–Crippen MR) is 192 cm³/mol. The Morgan fingerprint density at radius 3 is 1.80 bits per heavy atom. The van der Waals surface area contributed by atoms with Crippen LogP contribution < -0.4 is 0 Å². The van der Waals surface area contributed by atoms with Crippen LogP contribution in [0, 0.1) is 0 Å². The Balaban J connectivity index is 1.12. The number of fused-ring (bicyclic) bond motifs is 6. The first-order chi connectivity index (χ1) is 21.8. The number of rotatable bonds is 4. The highest BCUT2D eigenvalue weighted by Crippen LogP contribution is 2.43. The second-order valence-corrected chi connectivity index (χ2v) is 13.2. The molecule has 6 aromatic carbocycles. The molecule has 3 heterocycles. The van der Waals surface area contributed by atoms with E-state index in [1.165, 1.54) is 74.6 Å². The van der Waals surface area contributed by atoms with Crippen molar-refractivity contribution in [3.05, 3.63) is 152 Å². The molecule has 0 atom stereocenters. The van der Waals surface area contributed by atoms with E-state index in [4.69, 9.17) is 4.98 Å². The van der Waals surface area contributed by atoms with Crippen molar-refractivity contribution < 1.29 is 0 Å². The maximum absolute atomic E-state index is 5.26. The van der Waals surface area contributed by atoms with Gasteiger partial charge in [-0.2, -0.15) is 0 Å². The van der Waals surface area contributed by atoms with Crippen LogP contribution in [0.2, 0.25) is 0 Å². The third-order valence-corrected chi connectivity index (χ3v) is 10.9. The van der Waals surface area contributed by atoms with Gasteiger partial charge in [-0.25, -0.2) is 4.98 Å². The van der Waals surface area contributed by atoms with E-state index in [-0.39, 0.29) is 0 Å². The van der Waals surface area contributed by atoms with Crippen LogP contribution in [0.5, 0.6) is 0 Å². The highest BCUT2D eigenvalue weighted by atomic mass is 32.1. The molecule has 9 rings (SSSR count). The normalized spacial score (nSPS) is 11.6. The maximum atomic E-state index is 5.26. The molecule has 0 aliphatic heterocycles. The molecule has 0 radical (unpaired) electrons. The monoisotopic (exact) mass is 595 g/mol. The van der Waals surface area contributed by atoms with Crippen molar-refractivity contribution in [3.8, 4) is 44.6 Å². The Morgan fingerprint density at radius 1 is 0.364 bits per heavy atom. The second kappa shape index (κ2) is 10.3. The SMILES string of the molecule is c1ccc(-c2ccc(-c3cccc(-c4cccc5c4sc4nc(-c6cccc7c6sc6ccccc67)ccc45)c3)cc2)cc1. The molecule has 0 aliphatic carbocycles. The molecule has 3 heteroatoms. The average Bonchev–Trinajstić information content (AvgIpc) is 3.67. The van der Waals surface area contributed by atoms with E-state index in [1.807, 2.05) is 11.3 Å². The van der Waals surface area contributed by atoms with Gasteiger partial charge in [0.15, 0.2) is 0 Å². The van der Waals surface area contributed by atoms with Gasteiger partial charge in [-0.1, -0.05) is 127 Å². The first-order valence-corrected chi connectivity index (χ1v) is 16.4. The van der Waals surface area contributed by atoms with Gasteiger partial charge in [-0.3, -0.25) is 0 Å². The van der Waals surface area contributed by atoms with Crippen molar-refractivity contribution in [3.63, 3.8) is 0 Å². The zero-order chi connectivity index (χ0) is 29.0. The highest BCUT2D eigenvalue weighted by molar-refractivity contribution is 7.26. The fraction of sp³-hybridized carbons (Fsp3) is 0. The lowest BCUT2D eigenvalue weighted by atomic mass is 9.96. The third-order valence-electron chi connectivity index (χ3n) is 8.54. The minimum absolute atomic E-state index is 1.03. The number of hydrogen-bond acceptors (Lipinski definition) is 3. The summed E-state index contributed by atoms with van der Waals surface area (Å²) < 4.78 is 3.90. The van der Waals surface area contributed by atoms with Gasteiger partial charge in [-0.05, 0) is 57.6 Å². The summed E-state index contributed by atoms with van der Waals surface area (Å²) in [5, 5.41) is 5.10. The zero-order valence-electron chi connectivity index (χ0n) is 23.7. The summed E-state index contributed by atoms with van der Waals surface area (Å²) in [4.78, 5) is 6.34. The smallest absolute Gasteiger partial charge is 0.125 e. The Labute approximate surface area is 263 Å². The van der Waals surface area contributed by atoms with Gasteiger partial charge < -0.3 is 0 Å². The lowest BCUT2D eigenvalue weighted by Gasteiger charge is -2.08. The van der Waals surface area contributed by atoms with E-state index in [2.05, 4.69) is 152 Å². The van der Waals surface area contributed by atoms with Gasteiger partial charge in [0.1, 0.15) is 4.83 Å². The Kier molecular flexibility index (Phi) is 5.93. The molecule has 0 aliphatic rings. The number of hydrogen-bond donors (Lipinski definition) is 0. The molecule has 0 fully saturated rings. The molecule has 9 aromatic rings. The van der Waals surface area contributed by atoms with Crippen LogP contribution in [-0.2, 0) is 0 Å². The highest BCUT2D eigenvalue weighted by Gasteiger charge is 2.15. The zero-order valence-corrected chi connectivity index (χ0v) is 25.3. The summed E-state index contributed by atoms with van der Waals surface area (Å²) in [6.07, 6.45) is 0. The summed E-state index contributed by atoms with van der Waals surface area (Å²) in [5.74, 6) is 0. The summed E-state index contributed by atoms with van der Waals surface area (Å²) >= 11 is 3.65. The lowest BCUT2D eigenvalue weighted by Crippen LogP contribution is -1.83. The van der Waals surface area contributed by atoms with Crippen LogP contribution in [0.25, 0.3) is 85.1 Å². The molecule has 1 nitrogen and oxygen atoms in total. The van der Waals surface area contributed by atoms with Crippen molar-refractivity contribution in [1.29, 1.82) is 0 Å². The number of nitrogens with zero attached hydrogens (tertiary/aromatic N) is 1. The van der Waals surface area contributed by atoms with Crippen molar-refractivity contribution >= 4 is 63.1 Å². The number of benzene rings is 6. The second-order valence-electron chi connectivity index (χ2n) is 11.1. The van der Waals surface area contributed by atoms with Gasteiger partial charge in [0.2, 0.25) is 0 Å². The summed E-state index contributed by atoms with van der Waals surface area (Å²) in [6, 6.07) is 54.7. The molecule has 0 bridgehead atoms. The van der Waals surface area contributed by atoms with Crippen LogP contribution in [0.15, 0.2) is 152 Å². The van der Waals surface area contributed by atoms with Crippen molar-refractivity contribution in [2.75, 3.05) is 0 Å². The van der Waals surface area contributed by atoms with Crippen molar-refractivity contribution in [2.24, 2.45) is 0 Å². The van der Waals surface area contributed by atoms with Crippen LogP contribution in [-0.4, -0.2) is 4.98 Å². The summed E-state index contributed by atoms with van der Waals surface area (Å²) in [6.45, 7) is 0. The molecule has 3 aromatic heterocycles. The van der Waals surface area contributed by atoms with E-state index in [1.54, 1.807) is 11.3 Å². The quantitative estimate of drug-likeness (QED) is 0.197. The number of pyridine rings is 1. The topological polar surface area (TPSA) is 12.9 Å². The molecule has 0 spiro atoms. The number of thiophene rings is 2. The van der Waals surface area contributed by atoms with E-state index in [0.29, 0.717) is 0 Å². The minimum atomic E-state index is 1.03. The average molecular weight is 596 g/mol. The molecule has 0 N–H and O–H groups in total. The van der Waals surface area contributed by atoms with Crippen molar-refractivity contribution in [2.45, 2.75) is 0 Å². The number of aromatic nitrogens is 1. The van der Waals surface area contributed by atoms with Crippen LogP contribution >= 0.6 is 22.7 Å². The Hall–Kier alpha value is -5.09. The van der Waals surface area contributed by atoms with Gasteiger partial charge in [-0.15, -0.1) is 22.7 Å². The van der Waals surface area contributed by atoms with Gasteiger partial charge in [0.05, 0.1) is 5.69 Å². The van der Waals surface area contributed by atoms with E-state index in [9.17, 15) is 0 Å². The third kappa shape index (κ3) is 4.16. The van der Waals surface area contributed by atoms with Crippen molar-refractivity contribution in [1.82, 2.24) is 4.98 Å². The largest absolute Gasteiger partial charge is 0.237 e. The fourth-order valence-corrected chi connectivity index (χ4v) is 8.79. The molecule has 44 heavy (non-hydrogen) atoms. The van der Waals surface area contributed by atoms with Gasteiger partial charge in [0.25, 0.3) is 0 Å². The van der Waals surface area contributed by atoms with E-state index >= 15 is 0 Å². The Morgan fingerprint density at radius 2 is 0.955 bits per heavy atom. The lowest BCUT2D eigenvalue weighted by molar-refractivity contribution is 1.44. The van der Waals surface area contributed by atoms with E-state index in [0.717, 1.165) is 10.5 Å². The first kappa shape index (κ1) is 25.4. The van der Waals surface area contributed by atoms with Gasteiger partial charge in [0, 0.05) is 41.2 Å². The standard InChI is InChI=1S/C41H25NS2/c1-2-9-26(10-3-1)27-19-21-28(22-20-27)29-11-6-12-30(25-29)31-14-7-16-34-35-23-24-37(42-41(35)44-39(31)34)36-17-8-15-33-32-13-4-5-18-38(32)43-40(33)36/h1-25H. The molecule has 0 unspecified atom stereocenters. The van der Waals surface area contributed by atoms with Crippen LogP contribution in [0.4, 0.5) is 0 Å². The molecule has 206 valence electrons.